The summed E-state index contributed by atoms with van der Waals surface area (Å²) in [6.45, 7) is 8.62. The lowest BCUT2D eigenvalue weighted by atomic mass is 10.1. The Kier molecular flexibility index (Phi) is 9.65. The summed E-state index contributed by atoms with van der Waals surface area (Å²) in [6, 6.07) is 10.4. The van der Waals surface area contributed by atoms with Gasteiger partial charge in [0.25, 0.3) is 0 Å². The number of aromatic nitrogens is 3. The predicted molar refractivity (Wildman–Crippen MR) is 124 cm³/mol. The molecule has 0 saturated carbocycles. The van der Waals surface area contributed by atoms with Gasteiger partial charge < -0.3 is 0 Å². The Morgan fingerprint density at radius 2 is 1.71 bits per heavy atom. The number of unbranched alkanes of at least 4 members (excludes halogenated alkanes) is 4. The van der Waals surface area contributed by atoms with E-state index in [0.29, 0.717) is 0 Å². The average molecular weight is 414 g/mol. The van der Waals surface area contributed by atoms with Crippen LogP contribution in [0.2, 0.25) is 0 Å². The molecule has 3 aromatic rings. The molecule has 0 aliphatic heterocycles. The quantitative estimate of drug-likeness (QED) is 0.227. The largest absolute Gasteiger partial charge is 0.241 e. The molecule has 0 N–H and O–H groups in total. The lowest BCUT2D eigenvalue weighted by Crippen LogP contribution is -1.89. The zero-order valence-corrected chi connectivity index (χ0v) is 19.3. The number of hydrogen-bond donors (Lipinski definition) is 0. The maximum atomic E-state index is 4.71. The van der Waals surface area contributed by atoms with Gasteiger partial charge in [-0.15, -0.1) is 11.3 Å². The molecule has 150 valence electrons. The molecule has 2 aromatic heterocycles. The Morgan fingerprint density at radius 1 is 0.964 bits per heavy atom. The van der Waals surface area contributed by atoms with Crippen molar-refractivity contribution in [2.75, 3.05) is 6.26 Å². The van der Waals surface area contributed by atoms with E-state index in [1.165, 1.54) is 37.7 Å². The number of thiazole rings is 1. The molecule has 0 fully saturated rings. The molecule has 0 aliphatic carbocycles. The van der Waals surface area contributed by atoms with Gasteiger partial charge in [0.05, 0.1) is 21.3 Å². The molecule has 0 atom stereocenters. The van der Waals surface area contributed by atoms with Crippen molar-refractivity contribution >= 4 is 23.1 Å². The summed E-state index contributed by atoms with van der Waals surface area (Å²) in [5, 5.41) is 1.83. The molecule has 0 spiro atoms. The van der Waals surface area contributed by atoms with Gasteiger partial charge in [0.2, 0.25) is 0 Å². The Hall–Kier alpha value is -1.72. The number of aryl methyl sites for hydroxylation is 2. The molecule has 0 aliphatic rings. The highest BCUT2D eigenvalue weighted by molar-refractivity contribution is 7.98. The van der Waals surface area contributed by atoms with Gasteiger partial charge in [0, 0.05) is 11.8 Å². The predicted octanol–water partition coefficient (Wildman–Crippen LogP) is 7.58. The molecule has 5 heteroatoms. The van der Waals surface area contributed by atoms with Crippen molar-refractivity contribution in [1.82, 2.24) is 15.0 Å². The Labute approximate surface area is 178 Å². The first-order valence-corrected chi connectivity index (χ1v) is 12.0. The van der Waals surface area contributed by atoms with Crippen molar-refractivity contribution in [2.24, 2.45) is 0 Å². The van der Waals surface area contributed by atoms with Crippen LogP contribution in [0.1, 0.15) is 56.5 Å². The molecule has 28 heavy (non-hydrogen) atoms. The van der Waals surface area contributed by atoms with Gasteiger partial charge in [-0.2, -0.15) is 0 Å². The van der Waals surface area contributed by atoms with E-state index in [4.69, 9.17) is 4.98 Å². The van der Waals surface area contributed by atoms with Gasteiger partial charge >= 0.3 is 0 Å². The maximum Gasteiger partial charge on any atom is 0.187 e. The smallest absolute Gasteiger partial charge is 0.187 e. The van der Waals surface area contributed by atoms with Gasteiger partial charge in [-0.05, 0) is 32.2 Å². The van der Waals surface area contributed by atoms with Gasteiger partial charge in [0.1, 0.15) is 0 Å². The maximum absolute atomic E-state index is 4.71. The van der Waals surface area contributed by atoms with E-state index in [1.807, 2.05) is 25.4 Å². The van der Waals surface area contributed by atoms with Crippen LogP contribution in [-0.2, 0) is 0 Å². The van der Waals surface area contributed by atoms with Crippen LogP contribution in [-0.4, -0.2) is 21.2 Å². The molecular formula is C23H31N3S2. The summed E-state index contributed by atoms with van der Waals surface area (Å²) >= 11 is 3.23. The van der Waals surface area contributed by atoms with Gasteiger partial charge in [-0.1, -0.05) is 81.5 Å². The van der Waals surface area contributed by atoms with E-state index in [-0.39, 0.29) is 0 Å². The number of benzene rings is 1. The van der Waals surface area contributed by atoms with E-state index in [0.717, 1.165) is 32.0 Å². The van der Waals surface area contributed by atoms with Crippen LogP contribution in [0.25, 0.3) is 21.8 Å². The summed E-state index contributed by atoms with van der Waals surface area (Å²) in [6.07, 6.45) is 10.8. The molecule has 0 saturated heterocycles. The fourth-order valence-corrected chi connectivity index (χ4v) is 4.10. The molecule has 0 amide bonds. The van der Waals surface area contributed by atoms with E-state index < -0.39 is 0 Å². The van der Waals surface area contributed by atoms with Gasteiger partial charge in [0.15, 0.2) is 5.16 Å². The zero-order chi connectivity index (χ0) is 20.4. The standard InChI is InChI=1S/C16H15N3S2.C7H16/c1-10-5-4-6-12(9-10)14-15(21-11(2)18-14)13-7-8-17-16(19-13)20-3;1-3-5-7-6-4-2/h4-9H,1-3H3;3-7H2,1-2H3. The summed E-state index contributed by atoms with van der Waals surface area (Å²) in [7, 11) is 0. The molecule has 0 radical (unpaired) electrons. The number of rotatable bonds is 7. The van der Waals surface area contributed by atoms with Crippen LogP contribution in [0, 0.1) is 13.8 Å². The summed E-state index contributed by atoms with van der Waals surface area (Å²) in [5.41, 5.74) is 4.32. The Bertz CT molecular complexity index is 855. The highest BCUT2D eigenvalue weighted by Crippen LogP contribution is 2.36. The van der Waals surface area contributed by atoms with E-state index in [1.54, 1.807) is 23.1 Å². The van der Waals surface area contributed by atoms with E-state index in [9.17, 15) is 0 Å². The van der Waals surface area contributed by atoms with Crippen molar-refractivity contribution in [1.29, 1.82) is 0 Å². The third-order valence-corrected chi connectivity index (χ3v) is 5.84. The lowest BCUT2D eigenvalue weighted by Gasteiger charge is -2.04. The normalized spacial score (nSPS) is 10.5. The minimum absolute atomic E-state index is 0.786. The van der Waals surface area contributed by atoms with Crippen molar-refractivity contribution in [2.45, 2.75) is 65.0 Å². The second-order valence-electron chi connectivity index (χ2n) is 6.77. The second-order valence-corrected chi connectivity index (χ2v) is 8.75. The van der Waals surface area contributed by atoms with Crippen molar-refractivity contribution < 1.29 is 0 Å². The van der Waals surface area contributed by atoms with Crippen molar-refractivity contribution in [3.05, 3.63) is 47.1 Å². The third-order valence-electron chi connectivity index (χ3n) is 4.28. The van der Waals surface area contributed by atoms with Crippen LogP contribution >= 0.6 is 23.1 Å². The Morgan fingerprint density at radius 3 is 2.36 bits per heavy atom. The first-order valence-electron chi connectivity index (χ1n) is 10.0. The fourth-order valence-electron chi connectivity index (χ4n) is 2.83. The van der Waals surface area contributed by atoms with Crippen LogP contribution in [0.5, 0.6) is 0 Å². The Balaban J connectivity index is 0.000000345. The van der Waals surface area contributed by atoms with Crippen LogP contribution in [0.3, 0.4) is 0 Å². The molecule has 2 heterocycles. The molecular weight excluding hydrogens is 382 g/mol. The highest BCUT2D eigenvalue weighted by atomic mass is 32.2. The molecule has 0 bridgehead atoms. The van der Waals surface area contributed by atoms with Gasteiger partial charge in [-0.25, -0.2) is 15.0 Å². The van der Waals surface area contributed by atoms with E-state index in [2.05, 4.69) is 55.0 Å². The zero-order valence-electron chi connectivity index (χ0n) is 17.7. The van der Waals surface area contributed by atoms with Crippen molar-refractivity contribution in [3.63, 3.8) is 0 Å². The SMILES string of the molecule is CCCCCCC.CSc1nccc(-c2sc(C)nc2-c2cccc(C)c2)n1. The monoisotopic (exact) mass is 413 g/mol. The highest BCUT2D eigenvalue weighted by Gasteiger charge is 2.15. The molecule has 0 unspecified atom stereocenters. The lowest BCUT2D eigenvalue weighted by molar-refractivity contribution is 0.656. The summed E-state index contributed by atoms with van der Waals surface area (Å²) in [4.78, 5) is 14.7. The topological polar surface area (TPSA) is 38.7 Å². The first kappa shape index (κ1) is 22.6. The third kappa shape index (κ3) is 6.71. The first-order chi connectivity index (χ1) is 13.6. The average Bonchev–Trinajstić information content (AvgIpc) is 3.11. The van der Waals surface area contributed by atoms with Gasteiger partial charge in [-0.3, -0.25) is 0 Å². The van der Waals surface area contributed by atoms with Crippen LogP contribution < -0.4 is 0 Å². The summed E-state index contributed by atoms with van der Waals surface area (Å²) in [5.74, 6) is 0. The molecule has 1 aromatic carbocycles. The summed E-state index contributed by atoms with van der Waals surface area (Å²) < 4.78 is 0. The second kappa shape index (κ2) is 12.0. The number of nitrogens with zero attached hydrogens (tertiary/aromatic N) is 3. The van der Waals surface area contributed by atoms with Crippen LogP contribution in [0.4, 0.5) is 0 Å². The number of hydrogen-bond acceptors (Lipinski definition) is 5. The molecule has 3 rings (SSSR count). The molecule has 3 nitrogen and oxygen atoms in total. The minimum atomic E-state index is 0.786. The van der Waals surface area contributed by atoms with Crippen LogP contribution in [0.15, 0.2) is 41.7 Å². The van der Waals surface area contributed by atoms with Crippen molar-refractivity contribution in [3.8, 4) is 21.8 Å². The minimum Gasteiger partial charge on any atom is -0.241 e. The number of thioether (sulfide) groups is 1. The van der Waals surface area contributed by atoms with E-state index >= 15 is 0 Å². The fraction of sp³-hybridized carbons (Fsp3) is 0.435.